The first-order valence-electron chi connectivity index (χ1n) is 9.60. The summed E-state index contributed by atoms with van der Waals surface area (Å²) in [6.07, 6.45) is 2.81. The molecule has 1 aliphatic rings. The third-order valence-electron chi connectivity index (χ3n) is 5.10. The van der Waals surface area contributed by atoms with Gasteiger partial charge >= 0.3 is 5.97 Å². The molecule has 1 unspecified atom stereocenters. The van der Waals surface area contributed by atoms with Crippen LogP contribution in [0.5, 0.6) is 0 Å². The maximum absolute atomic E-state index is 13.0. The topological polar surface area (TPSA) is 89.5 Å². The molecule has 0 amide bonds. The number of carbonyl (C=O) groups is 2. The van der Waals surface area contributed by atoms with Crippen molar-refractivity contribution in [2.75, 3.05) is 6.61 Å². The van der Waals surface area contributed by atoms with Crippen LogP contribution in [0.4, 0.5) is 0 Å². The van der Waals surface area contributed by atoms with Crippen LogP contribution < -0.4 is 4.72 Å². The van der Waals surface area contributed by atoms with E-state index in [9.17, 15) is 18.0 Å². The summed E-state index contributed by atoms with van der Waals surface area (Å²) in [5, 5.41) is 1.72. The largest absolute Gasteiger partial charge is 0.465 e. The molecule has 1 fully saturated rings. The Morgan fingerprint density at radius 2 is 1.93 bits per heavy atom. The Morgan fingerprint density at radius 1 is 1.18 bits per heavy atom. The lowest BCUT2D eigenvalue weighted by Crippen LogP contribution is -2.47. The Morgan fingerprint density at radius 3 is 2.68 bits per heavy atom. The minimum Gasteiger partial charge on any atom is -0.465 e. The highest BCUT2D eigenvalue weighted by atomic mass is 32.2. The lowest BCUT2D eigenvalue weighted by atomic mass is 9.92. The lowest BCUT2D eigenvalue weighted by Gasteiger charge is -2.25. The van der Waals surface area contributed by atoms with E-state index in [0.29, 0.717) is 12.8 Å². The molecule has 1 saturated carbocycles. The molecule has 1 aliphatic carbocycles. The van der Waals surface area contributed by atoms with E-state index in [1.807, 2.05) is 24.3 Å². The van der Waals surface area contributed by atoms with E-state index in [1.54, 1.807) is 19.1 Å². The molecule has 0 aromatic heterocycles. The van der Waals surface area contributed by atoms with E-state index in [4.69, 9.17) is 4.74 Å². The normalized spacial score (nSPS) is 19.2. The summed E-state index contributed by atoms with van der Waals surface area (Å²) in [5.74, 6) is -0.974. The zero-order chi connectivity index (χ0) is 20.1. The van der Waals surface area contributed by atoms with Gasteiger partial charge in [-0.15, -0.1) is 0 Å². The van der Waals surface area contributed by atoms with Gasteiger partial charge < -0.3 is 4.74 Å². The van der Waals surface area contributed by atoms with Gasteiger partial charge in [-0.3, -0.25) is 9.59 Å². The summed E-state index contributed by atoms with van der Waals surface area (Å²) in [4.78, 5) is 24.6. The van der Waals surface area contributed by atoms with Crippen LogP contribution in [0.15, 0.2) is 47.4 Å². The quantitative estimate of drug-likeness (QED) is 0.591. The molecule has 3 rings (SSSR count). The van der Waals surface area contributed by atoms with Gasteiger partial charge in [-0.25, -0.2) is 8.42 Å². The first-order valence-corrected chi connectivity index (χ1v) is 11.1. The number of ether oxygens (including phenoxy) is 1. The van der Waals surface area contributed by atoms with E-state index in [2.05, 4.69) is 4.72 Å². The van der Waals surface area contributed by atoms with Crippen LogP contribution in [0.3, 0.4) is 0 Å². The van der Waals surface area contributed by atoms with Crippen LogP contribution in [0, 0.1) is 5.92 Å². The van der Waals surface area contributed by atoms with Crippen LogP contribution in [-0.2, 0) is 24.3 Å². The minimum absolute atomic E-state index is 0.0571. The molecule has 28 heavy (non-hydrogen) atoms. The van der Waals surface area contributed by atoms with E-state index < -0.39 is 28.0 Å². The van der Waals surface area contributed by atoms with Gasteiger partial charge in [0.1, 0.15) is 11.8 Å². The second kappa shape index (κ2) is 8.84. The van der Waals surface area contributed by atoms with Gasteiger partial charge in [0.15, 0.2) is 0 Å². The summed E-state index contributed by atoms with van der Waals surface area (Å²) < 4.78 is 33.6. The fourth-order valence-corrected chi connectivity index (χ4v) is 4.94. The Labute approximate surface area is 165 Å². The number of carbonyl (C=O) groups excluding carboxylic acids is 2. The number of esters is 1. The monoisotopic (exact) mass is 403 g/mol. The van der Waals surface area contributed by atoms with Crippen molar-refractivity contribution in [1.29, 1.82) is 0 Å². The molecular formula is C21H25NO5S. The van der Waals surface area contributed by atoms with Crippen molar-refractivity contribution in [2.45, 2.75) is 50.0 Å². The molecule has 0 saturated heterocycles. The number of rotatable bonds is 6. The Kier molecular flexibility index (Phi) is 6.46. The first kappa shape index (κ1) is 20.5. The molecule has 2 atom stereocenters. The van der Waals surface area contributed by atoms with Crippen LogP contribution in [0.1, 0.15) is 39.0 Å². The van der Waals surface area contributed by atoms with Gasteiger partial charge in [-0.2, -0.15) is 4.72 Å². The fourth-order valence-electron chi connectivity index (χ4n) is 3.65. The van der Waals surface area contributed by atoms with Crippen LogP contribution in [-0.4, -0.2) is 32.8 Å². The number of Topliss-reactive ketones (excluding diaryl/α,β-unsaturated/α-hetero) is 1. The summed E-state index contributed by atoms with van der Waals surface area (Å²) in [7, 11) is -3.96. The average molecular weight is 404 g/mol. The highest BCUT2D eigenvalue weighted by Crippen LogP contribution is 2.26. The number of hydrogen-bond donors (Lipinski definition) is 1. The SMILES string of the molecule is CCOC(=O)[C@H](NS(=O)(=O)c1ccc2ccccc2c1)C1CCCCC(=O)C1. The summed E-state index contributed by atoms with van der Waals surface area (Å²) >= 11 is 0. The molecule has 2 aromatic rings. The van der Waals surface area contributed by atoms with Crippen molar-refractivity contribution in [1.82, 2.24) is 4.72 Å². The van der Waals surface area contributed by atoms with E-state index >= 15 is 0 Å². The Balaban J connectivity index is 1.90. The molecule has 0 spiro atoms. The minimum atomic E-state index is -3.96. The first-order chi connectivity index (χ1) is 13.4. The Bertz CT molecular complexity index is 970. The molecule has 0 aliphatic heterocycles. The molecule has 0 radical (unpaired) electrons. The number of nitrogens with one attached hydrogen (secondary N) is 1. The van der Waals surface area contributed by atoms with E-state index in [1.165, 1.54) is 6.07 Å². The standard InChI is InChI=1S/C21H25NO5S/c1-2-27-21(24)20(17-9-5-6-10-18(23)13-17)22-28(25,26)19-12-11-15-7-3-4-8-16(15)14-19/h3-4,7-8,11-12,14,17,20,22H,2,5-6,9-10,13H2,1H3/t17?,20-/m1/s1. The molecule has 0 bridgehead atoms. The van der Waals surface area contributed by atoms with Gasteiger partial charge in [0, 0.05) is 12.8 Å². The third-order valence-corrected chi connectivity index (χ3v) is 6.53. The van der Waals surface area contributed by atoms with Gasteiger partial charge in [0.05, 0.1) is 11.5 Å². The molecule has 150 valence electrons. The number of hydrogen-bond acceptors (Lipinski definition) is 5. The Hall–Kier alpha value is -2.25. The van der Waals surface area contributed by atoms with Gasteiger partial charge in [-0.05, 0) is 48.6 Å². The second-order valence-electron chi connectivity index (χ2n) is 7.11. The van der Waals surface area contributed by atoms with Crippen LogP contribution in [0.25, 0.3) is 10.8 Å². The highest BCUT2D eigenvalue weighted by Gasteiger charge is 2.35. The zero-order valence-electron chi connectivity index (χ0n) is 15.9. The maximum atomic E-state index is 13.0. The molecule has 1 N–H and O–H groups in total. The summed E-state index contributed by atoms with van der Waals surface area (Å²) in [6.45, 7) is 1.82. The van der Waals surface area contributed by atoms with Gasteiger partial charge in [-0.1, -0.05) is 36.8 Å². The van der Waals surface area contributed by atoms with Crippen molar-refractivity contribution in [2.24, 2.45) is 5.92 Å². The lowest BCUT2D eigenvalue weighted by molar-refractivity contribution is -0.146. The fraction of sp³-hybridized carbons (Fsp3) is 0.429. The summed E-state index contributed by atoms with van der Waals surface area (Å²) in [6, 6.07) is 11.2. The van der Waals surface area contributed by atoms with E-state index in [-0.39, 0.29) is 23.7 Å². The summed E-state index contributed by atoms with van der Waals surface area (Å²) in [5.41, 5.74) is 0. The number of benzene rings is 2. The number of sulfonamides is 1. The van der Waals surface area contributed by atoms with Gasteiger partial charge in [0.2, 0.25) is 10.0 Å². The molecular weight excluding hydrogens is 378 g/mol. The third kappa shape index (κ3) is 4.77. The van der Waals surface area contributed by atoms with Gasteiger partial charge in [0.25, 0.3) is 0 Å². The number of fused-ring (bicyclic) bond motifs is 1. The smallest absolute Gasteiger partial charge is 0.324 e. The zero-order valence-corrected chi connectivity index (χ0v) is 16.7. The molecule has 7 heteroatoms. The van der Waals surface area contributed by atoms with Crippen molar-refractivity contribution < 1.29 is 22.7 Å². The second-order valence-corrected chi connectivity index (χ2v) is 8.82. The number of ketones is 1. The highest BCUT2D eigenvalue weighted by molar-refractivity contribution is 7.89. The average Bonchev–Trinajstić information content (AvgIpc) is 2.90. The van der Waals surface area contributed by atoms with Crippen molar-refractivity contribution >= 4 is 32.5 Å². The van der Waals surface area contributed by atoms with E-state index in [0.717, 1.165) is 23.6 Å². The maximum Gasteiger partial charge on any atom is 0.324 e. The van der Waals surface area contributed by atoms with Crippen molar-refractivity contribution in [3.63, 3.8) is 0 Å². The predicted molar refractivity (Wildman–Crippen MR) is 106 cm³/mol. The van der Waals surface area contributed by atoms with Crippen LogP contribution >= 0.6 is 0 Å². The molecule has 6 nitrogen and oxygen atoms in total. The van der Waals surface area contributed by atoms with Crippen molar-refractivity contribution in [3.8, 4) is 0 Å². The van der Waals surface area contributed by atoms with Crippen molar-refractivity contribution in [3.05, 3.63) is 42.5 Å². The molecule has 0 heterocycles. The molecule has 2 aromatic carbocycles. The van der Waals surface area contributed by atoms with Crippen LogP contribution in [0.2, 0.25) is 0 Å². The predicted octanol–water partition coefficient (Wildman–Crippen LogP) is 3.20.